The van der Waals surface area contributed by atoms with E-state index in [0.29, 0.717) is 0 Å². The first-order valence-electron chi connectivity index (χ1n) is 4.17. The third-order valence-electron chi connectivity index (χ3n) is 2.18. The van der Waals surface area contributed by atoms with E-state index in [1.165, 1.54) is 0 Å². The van der Waals surface area contributed by atoms with Gasteiger partial charge in [0.05, 0.1) is 0 Å². The predicted molar refractivity (Wildman–Crippen MR) is 57.3 cm³/mol. The molecule has 15 heavy (non-hydrogen) atoms. The summed E-state index contributed by atoms with van der Waals surface area (Å²) in [4.78, 5) is 0. The first kappa shape index (κ1) is 14.1. The van der Waals surface area contributed by atoms with Crippen LogP contribution >= 0.6 is 0 Å². The van der Waals surface area contributed by atoms with Gasteiger partial charge in [0.2, 0.25) is 0 Å². The van der Waals surface area contributed by atoms with Gasteiger partial charge in [-0.05, 0) is 13.0 Å². The van der Waals surface area contributed by atoms with Gasteiger partial charge in [0.1, 0.15) is 0 Å². The summed E-state index contributed by atoms with van der Waals surface area (Å²) < 4.78 is 31.6. The molecule has 0 amide bonds. The summed E-state index contributed by atoms with van der Waals surface area (Å²) in [7, 11) is -4.67. The van der Waals surface area contributed by atoms with E-state index in [9.17, 15) is 0 Å². The SMILES string of the molecule is CC1C(N)=CC=CC1(C)N.O=S(=O)(O)O. The van der Waals surface area contributed by atoms with E-state index in [-0.39, 0.29) is 11.5 Å². The summed E-state index contributed by atoms with van der Waals surface area (Å²) >= 11 is 0. The van der Waals surface area contributed by atoms with Crippen molar-refractivity contribution >= 4 is 10.4 Å². The van der Waals surface area contributed by atoms with Crippen molar-refractivity contribution in [3.05, 3.63) is 23.9 Å². The molecular formula is C8H16N2O4S. The number of hydrogen-bond donors (Lipinski definition) is 4. The Balaban J connectivity index is 0.000000336. The molecule has 1 aliphatic carbocycles. The monoisotopic (exact) mass is 236 g/mol. The van der Waals surface area contributed by atoms with Crippen LogP contribution in [0, 0.1) is 5.92 Å². The molecule has 0 saturated carbocycles. The molecule has 2 atom stereocenters. The van der Waals surface area contributed by atoms with E-state index in [2.05, 4.69) is 0 Å². The van der Waals surface area contributed by atoms with Crippen LogP contribution in [0.3, 0.4) is 0 Å². The first-order chi connectivity index (χ1) is 6.54. The Morgan fingerprint density at radius 3 is 2.13 bits per heavy atom. The zero-order chi connectivity index (χ0) is 12.3. The van der Waals surface area contributed by atoms with Crippen molar-refractivity contribution < 1.29 is 17.5 Å². The van der Waals surface area contributed by atoms with Crippen LogP contribution in [0.2, 0.25) is 0 Å². The fourth-order valence-corrected chi connectivity index (χ4v) is 1.01. The molecule has 7 heteroatoms. The summed E-state index contributed by atoms with van der Waals surface area (Å²) in [5.74, 6) is 0.248. The molecular weight excluding hydrogens is 220 g/mol. The van der Waals surface area contributed by atoms with Crippen LogP contribution in [-0.4, -0.2) is 23.1 Å². The average Bonchev–Trinajstić information content (AvgIpc) is 1.96. The lowest BCUT2D eigenvalue weighted by Gasteiger charge is -2.31. The molecule has 0 spiro atoms. The minimum absolute atomic E-state index is 0.248. The van der Waals surface area contributed by atoms with Crippen LogP contribution in [0.15, 0.2) is 23.9 Å². The fraction of sp³-hybridized carbons (Fsp3) is 0.500. The van der Waals surface area contributed by atoms with Crippen LogP contribution in [0.25, 0.3) is 0 Å². The summed E-state index contributed by atoms with van der Waals surface area (Å²) in [5, 5.41) is 0. The minimum Gasteiger partial charge on any atom is -0.402 e. The van der Waals surface area contributed by atoms with E-state index in [0.717, 1.165) is 5.70 Å². The van der Waals surface area contributed by atoms with Gasteiger partial charge in [-0.25, -0.2) is 0 Å². The number of nitrogens with two attached hydrogens (primary N) is 2. The molecule has 0 bridgehead atoms. The van der Waals surface area contributed by atoms with Gasteiger partial charge in [-0.15, -0.1) is 0 Å². The van der Waals surface area contributed by atoms with Crippen LogP contribution in [0.4, 0.5) is 0 Å². The molecule has 0 saturated heterocycles. The van der Waals surface area contributed by atoms with Crippen molar-refractivity contribution in [1.29, 1.82) is 0 Å². The van der Waals surface area contributed by atoms with Crippen LogP contribution in [0.1, 0.15) is 13.8 Å². The molecule has 0 radical (unpaired) electrons. The molecule has 0 heterocycles. The molecule has 0 aromatic heterocycles. The van der Waals surface area contributed by atoms with Gasteiger partial charge in [-0.2, -0.15) is 8.42 Å². The predicted octanol–water partition coefficient (Wildman–Crippen LogP) is 0.0995. The molecule has 6 nitrogen and oxygen atoms in total. The average molecular weight is 236 g/mol. The number of allylic oxidation sites excluding steroid dienone is 2. The van der Waals surface area contributed by atoms with Crippen molar-refractivity contribution in [3.63, 3.8) is 0 Å². The molecule has 0 aromatic carbocycles. The zero-order valence-electron chi connectivity index (χ0n) is 8.58. The molecule has 6 N–H and O–H groups in total. The van der Waals surface area contributed by atoms with Gasteiger partial charge in [0, 0.05) is 17.2 Å². The Morgan fingerprint density at radius 1 is 1.47 bits per heavy atom. The molecule has 0 fully saturated rings. The third-order valence-corrected chi connectivity index (χ3v) is 2.18. The van der Waals surface area contributed by atoms with Gasteiger partial charge < -0.3 is 11.5 Å². The second-order valence-corrected chi connectivity index (χ2v) is 4.46. The fourth-order valence-electron chi connectivity index (χ4n) is 1.01. The zero-order valence-corrected chi connectivity index (χ0v) is 9.40. The lowest BCUT2D eigenvalue weighted by atomic mass is 9.82. The first-order valence-corrected chi connectivity index (χ1v) is 5.57. The summed E-state index contributed by atoms with van der Waals surface area (Å²) in [6.07, 6.45) is 5.79. The molecule has 0 aliphatic heterocycles. The third kappa shape index (κ3) is 6.24. The topological polar surface area (TPSA) is 127 Å². The van der Waals surface area contributed by atoms with E-state index >= 15 is 0 Å². The van der Waals surface area contributed by atoms with Gasteiger partial charge in [0.25, 0.3) is 0 Å². The largest absolute Gasteiger partial charge is 0.402 e. The van der Waals surface area contributed by atoms with Gasteiger partial charge in [-0.3, -0.25) is 9.11 Å². The summed E-state index contributed by atoms with van der Waals surface area (Å²) in [6.45, 7) is 4.02. The maximum absolute atomic E-state index is 8.74. The van der Waals surface area contributed by atoms with E-state index in [1.54, 1.807) is 0 Å². The maximum Gasteiger partial charge on any atom is 0.394 e. The molecule has 88 valence electrons. The lowest BCUT2D eigenvalue weighted by molar-refractivity contribution is 0.381. The molecule has 1 aliphatic rings. The Labute approximate surface area is 89.2 Å². The van der Waals surface area contributed by atoms with E-state index in [4.69, 9.17) is 29.0 Å². The Bertz CT molecular complexity index is 362. The summed E-state index contributed by atoms with van der Waals surface area (Å²) in [5.41, 5.74) is 12.2. The smallest absolute Gasteiger partial charge is 0.394 e. The highest BCUT2D eigenvalue weighted by Crippen LogP contribution is 2.23. The van der Waals surface area contributed by atoms with Crippen LogP contribution in [0.5, 0.6) is 0 Å². The highest BCUT2D eigenvalue weighted by atomic mass is 32.3. The van der Waals surface area contributed by atoms with E-state index in [1.807, 2.05) is 32.1 Å². The van der Waals surface area contributed by atoms with Crippen molar-refractivity contribution in [3.8, 4) is 0 Å². The lowest BCUT2D eigenvalue weighted by Crippen LogP contribution is -2.44. The highest BCUT2D eigenvalue weighted by Gasteiger charge is 2.26. The van der Waals surface area contributed by atoms with Crippen molar-refractivity contribution in [2.24, 2.45) is 17.4 Å². The second kappa shape index (κ2) is 4.75. The quantitative estimate of drug-likeness (QED) is 0.442. The standard InChI is InChI=1S/C8H14N2.H2O4S/c1-6-7(9)4-3-5-8(6,2)10;1-5(2,3)4/h3-6H,9-10H2,1-2H3;(H2,1,2,3,4). The number of rotatable bonds is 0. The molecule has 2 unspecified atom stereocenters. The van der Waals surface area contributed by atoms with Gasteiger partial charge in [-0.1, -0.05) is 19.1 Å². The van der Waals surface area contributed by atoms with Crippen molar-refractivity contribution in [1.82, 2.24) is 0 Å². The molecule has 0 aromatic rings. The van der Waals surface area contributed by atoms with Crippen LogP contribution < -0.4 is 11.5 Å². The van der Waals surface area contributed by atoms with Gasteiger partial charge >= 0.3 is 10.4 Å². The Kier molecular flexibility index (Phi) is 4.47. The second-order valence-electron chi connectivity index (χ2n) is 3.56. The number of hydrogen-bond acceptors (Lipinski definition) is 4. The van der Waals surface area contributed by atoms with Crippen molar-refractivity contribution in [2.45, 2.75) is 19.4 Å². The van der Waals surface area contributed by atoms with Crippen LogP contribution in [-0.2, 0) is 10.4 Å². The van der Waals surface area contributed by atoms with Gasteiger partial charge in [0.15, 0.2) is 0 Å². The highest BCUT2D eigenvalue weighted by molar-refractivity contribution is 7.79. The minimum atomic E-state index is -4.67. The van der Waals surface area contributed by atoms with E-state index < -0.39 is 10.4 Å². The normalized spacial score (nSPS) is 30.2. The van der Waals surface area contributed by atoms with Crippen molar-refractivity contribution in [2.75, 3.05) is 0 Å². The summed E-state index contributed by atoms with van der Waals surface area (Å²) in [6, 6.07) is 0. The maximum atomic E-state index is 8.74. The molecule has 1 rings (SSSR count). The Morgan fingerprint density at radius 2 is 1.87 bits per heavy atom. The Hall–Kier alpha value is -0.890.